The Kier molecular flexibility index (Phi) is 5.61. The van der Waals surface area contributed by atoms with Crippen LogP contribution in [-0.2, 0) is 14.6 Å². The monoisotopic (exact) mass is 304 g/mol. The Hall–Kier alpha value is -0.620. The zero-order chi connectivity index (χ0) is 15.6. The molecule has 1 amide bonds. The average Bonchev–Trinajstić information content (AvgIpc) is 2.57. The van der Waals surface area contributed by atoms with Gasteiger partial charge in [-0.2, -0.15) is 0 Å². The maximum Gasteiger partial charge on any atom is 0.241 e. The van der Waals surface area contributed by atoms with Crippen molar-refractivity contribution in [2.75, 3.05) is 12.8 Å². The van der Waals surface area contributed by atoms with Gasteiger partial charge >= 0.3 is 0 Å². The van der Waals surface area contributed by atoms with Gasteiger partial charge in [-0.1, -0.05) is 26.7 Å². The van der Waals surface area contributed by atoms with Crippen LogP contribution in [0.4, 0.5) is 0 Å². The maximum absolute atomic E-state index is 12.5. The van der Waals surface area contributed by atoms with Crippen molar-refractivity contribution in [2.45, 2.75) is 70.3 Å². The standard InChI is InChI=1S/C14H28N2O3S/c1-6-8-11-13(17)16(12(15-11)9-7-2)10-14(3,4)20(5,18)19/h11-12,15H,6-10H2,1-5H3. The number of carbonyl (C=O) groups excluding carboxylic acids is 1. The van der Waals surface area contributed by atoms with Gasteiger partial charge in [-0.25, -0.2) is 8.42 Å². The molecule has 2 atom stereocenters. The fourth-order valence-corrected chi connectivity index (χ4v) is 2.84. The van der Waals surface area contributed by atoms with E-state index in [-0.39, 0.29) is 24.7 Å². The number of sulfone groups is 1. The second kappa shape index (κ2) is 6.43. The summed E-state index contributed by atoms with van der Waals surface area (Å²) in [6.07, 6.45) is 4.75. The molecule has 0 saturated carbocycles. The molecule has 0 aromatic heterocycles. The third-order valence-corrected chi connectivity index (χ3v) is 6.18. The Bertz CT molecular complexity index is 445. The zero-order valence-electron chi connectivity index (χ0n) is 13.3. The number of hydrogen-bond acceptors (Lipinski definition) is 4. The SMILES string of the molecule is CCCC1NC(CCC)N(CC(C)(C)S(C)(=O)=O)C1=O. The Balaban J connectivity index is 2.92. The molecule has 0 aliphatic carbocycles. The van der Waals surface area contributed by atoms with Crippen LogP contribution in [0.15, 0.2) is 0 Å². The lowest BCUT2D eigenvalue weighted by molar-refractivity contribution is -0.130. The van der Waals surface area contributed by atoms with Crippen LogP contribution in [0.5, 0.6) is 0 Å². The molecule has 0 spiro atoms. The van der Waals surface area contributed by atoms with Crippen LogP contribution < -0.4 is 5.32 Å². The van der Waals surface area contributed by atoms with Crippen LogP contribution in [0.2, 0.25) is 0 Å². The van der Waals surface area contributed by atoms with Gasteiger partial charge < -0.3 is 4.90 Å². The summed E-state index contributed by atoms with van der Waals surface area (Å²) in [6.45, 7) is 7.74. The van der Waals surface area contributed by atoms with Crippen LogP contribution in [0.3, 0.4) is 0 Å². The molecule has 2 unspecified atom stereocenters. The van der Waals surface area contributed by atoms with E-state index >= 15 is 0 Å². The molecule has 1 saturated heterocycles. The first-order valence-corrected chi connectivity index (χ1v) is 9.29. The minimum Gasteiger partial charge on any atom is -0.324 e. The molecule has 0 radical (unpaired) electrons. The van der Waals surface area contributed by atoms with Crippen molar-refractivity contribution in [3.05, 3.63) is 0 Å². The van der Waals surface area contributed by atoms with E-state index in [0.717, 1.165) is 25.7 Å². The summed E-state index contributed by atoms with van der Waals surface area (Å²) in [5.74, 6) is 0.0435. The lowest BCUT2D eigenvalue weighted by atomic mass is 10.1. The largest absolute Gasteiger partial charge is 0.324 e. The predicted octanol–water partition coefficient (Wildman–Crippen LogP) is 1.54. The van der Waals surface area contributed by atoms with E-state index in [2.05, 4.69) is 12.2 Å². The third-order valence-electron chi connectivity index (χ3n) is 4.05. The summed E-state index contributed by atoms with van der Waals surface area (Å²) in [4.78, 5) is 14.2. The highest BCUT2D eigenvalue weighted by Crippen LogP contribution is 2.24. The van der Waals surface area contributed by atoms with Gasteiger partial charge in [0.05, 0.1) is 17.0 Å². The van der Waals surface area contributed by atoms with E-state index in [1.807, 2.05) is 6.92 Å². The Morgan fingerprint density at radius 1 is 1.20 bits per heavy atom. The summed E-state index contributed by atoms with van der Waals surface area (Å²) in [6, 6.07) is -0.160. The normalized spacial score (nSPS) is 24.4. The first-order chi connectivity index (χ1) is 9.14. The summed E-state index contributed by atoms with van der Waals surface area (Å²) in [7, 11) is -3.20. The van der Waals surface area contributed by atoms with Crippen LogP contribution in [0.1, 0.15) is 53.4 Å². The van der Waals surface area contributed by atoms with Gasteiger partial charge in [-0.3, -0.25) is 10.1 Å². The van der Waals surface area contributed by atoms with Crippen molar-refractivity contribution in [1.29, 1.82) is 0 Å². The van der Waals surface area contributed by atoms with Gasteiger partial charge in [0.2, 0.25) is 5.91 Å². The third kappa shape index (κ3) is 3.73. The lowest BCUT2D eigenvalue weighted by Crippen LogP contribution is -2.48. The quantitative estimate of drug-likeness (QED) is 0.775. The van der Waals surface area contributed by atoms with Crippen molar-refractivity contribution >= 4 is 15.7 Å². The second-order valence-corrected chi connectivity index (χ2v) is 8.96. The molecular formula is C14H28N2O3S. The van der Waals surface area contributed by atoms with Gasteiger partial charge in [0.15, 0.2) is 9.84 Å². The zero-order valence-corrected chi connectivity index (χ0v) is 14.1. The molecule has 0 bridgehead atoms. The number of nitrogens with zero attached hydrogens (tertiary/aromatic N) is 1. The Morgan fingerprint density at radius 3 is 2.20 bits per heavy atom. The number of hydrogen-bond donors (Lipinski definition) is 1. The van der Waals surface area contributed by atoms with Gasteiger partial charge in [-0.15, -0.1) is 0 Å². The van der Waals surface area contributed by atoms with Crippen LogP contribution in [-0.4, -0.2) is 49.0 Å². The minimum atomic E-state index is -3.20. The topological polar surface area (TPSA) is 66.5 Å². The molecule has 0 aromatic rings. The summed E-state index contributed by atoms with van der Waals surface area (Å²) >= 11 is 0. The van der Waals surface area contributed by atoms with E-state index in [9.17, 15) is 13.2 Å². The molecule has 20 heavy (non-hydrogen) atoms. The molecule has 118 valence electrons. The van der Waals surface area contributed by atoms with Gasteiger partial charge in [0, 0.05) is 12.8 Å². The first-order valence-electron chi connectivity index (χ1n) is 7.40. The van der Waals surface area contributed by atoms with E-state index in [4.69, 9.17) is 0 Å². The van der Waals surface area contributed by atoms with E-state index in [1.165, 1.54) is 6.26 Å². The van der Waals surface area contributed by atoms with Crippen LogP contribution in [0, 0.1) is 0 Å². The van der Waals surface area contributed by atoms with E-state index < -0.39 is 14.6 Å². The fourth-order valence-electron chi connectivity index (χ4n) is 2.47. The molecule has 1 N–H and O–H groups in total. The lowest BCUT2D eigenvalue weighted by Gasteiger charge is -2.32. The Morgan fingerprint density at radius 2 is 1.75 bits per heavy atom. The predicted molar refractivity (Wildman–Crippen MR) is 81.2 cm³/mol. The molecule has 1 heterocycles. The minimum absolute atomic E-state index is 0.0370. The smallest absolute Gasteiger partial charge is 0.241 e. The van der Waals surface area contributed by atoms with Gasteiger partial charge in [0.25, 0.3) is 0 Å². The number of carbonyl (C=O) groups is 1. The fraction of sp³-hybridized carbons (Fsp3) is 0.929. The van der Waals surface area contributed by atoms with Crippen molar-refractivity contribution in [1.82, 2.24) is 10.2 Å². The van der Waals surface area contributed by atoms with Crippen molar-refractivity contribution in [2.24, 2.45) is 0 Å². The van der Waals surface area contributed by atoms with Crippen molar-refractivity contribution < 1.29 is 13.2 Å². The molecular weight excluding hydrogens is 276 g/mol. The van der Waals surface area contributed by atoms with Gasteiger partial charge in [0.1, 0.15) is 0 Å². The van der Waals surface area contributed by atoms with E-state index in [0.29, 0.717) is 0 Å². The average molecular weight is 304 g/mol. The number of nitrogens with one attached hydrogen (secondary N) is 1. The second-order valence-electron chi connectivity index (χ2n) is 6.31. The van der Waals surface area contributed by atoms with Crippen molar-refractivity contribution in [3.63, 3.8) is 0 Å². The molecule has 1 fully saturated rings. The van der Waals surface area contributed by atoms with E-state index in [1.54, 1.807) is 18.7 Å². The highest BCUT2D eigenvalue weighted by Gasteiger charge is 2.42. The number of amides is 1. The molecule has 1 aliphatic heterocycles. The number of rotatable bonds is 7. The molecule has 1 aliphatic rings. The molecule has 0 aromatic carbocycles. The van der Waals surface area contributed by atoms with Crippen LogP contribution >= 0.6 is 0 Å². The summed E-state index contributed by atoms with van der Waals surface area (Å²) < 4.78 is 22.8. The first kappa shape index (κ1) is 17.4. The molecule has 6 heteroatoms. The van der Waals surface area contributed by atoms with Gasteiger partial charge in [-0.05, 0) is 26.7 Å². The molecule has 1 rings (SSSR count). The maximum atomic E-state index is 12.5. The highest BCUT2D eigenvalue weighted by atomic mass is 32.2. The van der Waals surface area contributed by atoms with Crippen LogP contribution in [0.25, 0.3) is 0 Å². The Labute approximate surface area is 123 Å². The van der Waals surface area contributed by atoms with Crippen molar-refractivity contribution in [3.8, 4) is 0 Å². The summed E-state index contributed by atoms with van der Waals surface area (Å²) in [5.41, 5.74) is 0. The summed E-state index contributed by atoms with van der Waals surface area (Å²) in [5, 5.41) is 3.35. The highest BCUT2D eigenvalue weighted by molar-refractivity contribution is 7.92. The molecule has 5 nitrogen and oxygen atoms in total.